The third-order valence-electron chi connectivity index (χ3n) is 4.56. The zero-order valence-electron chi connectivity index (χ0n) is 17.4. The fraction of sp³-hybridized carbons (Fsp3) is 0.217. The number of carbonyl (C=O) groups excluding carboxylic acids is 1. The number of aromatic nitrogens is 1. The van der Waals surface area contributed by atoms with Crippen LogP contribution in [0.2, 0.25) is 0 Å². The number of hydrogen-bond donors (Lipinski definition) is 0. The summed E-state index contributed by atoms with van der Waals surface area (Å²) in [4.78, 5) is 18.7. The molecular weight excluding hydrogens is 432 g/mol. The van der Waals surface area contributed by atoms with Crippen LogP contribution in [0.4, 0.5) is 10.8 Å². The molecule has 0 aliphatic rings. The van der Waals surface area contributed by atoms with Crippen LogP contribution in [0.1, 0.15) is 18.9 Å². The highest BCUT2D eigenvalue weighted by Crippen LogP contribution is 2.33. The van der Waals surface area contributed by atoms with Crippen LogP contribution >= 0.6 is 11.3 Å². The van der Waals surface area contributed by atoms with Crippen molar-refractivity contribution in [3.8, 4) is 17.0 Å². The fourth-order valence-corrected chi connectivity index (χ4v) is 5.39. The van der Waals surface area contributed by atoms with Crippen molar-refractivity contribution in [1.82, 2.24) is 4.98 Å². The normalized spacial score (nSPS) is 11.2. The van der Waals surface area contributed by atoms with E-state index in [0.29, 0.717) is 22.8 Å². The molecule has 0 spiro atoms. The van der Waals surface area contributed by atoms with Gasteiger partial charge in [0.2, 0.25) is 0 Å². The zero-order chi connectivity index (χ0) is 22.4. The maximum absolute atomic E-state index is 12.6. The van der Waals surface area contributed by atoms with Crippen molar-refractivity contribution < 1.29 is 17.9 Å². The van der Waals surface area contributed by atoms with Crippen molar-refractivity contribution in [2.75, 3.05) is 17.8 Å². The summed E-state index contributed by atoms with van der Waals surface area (Å²) in [5.41, 5.74) is 2.93. The number of hydrogen-bond acceptors (Lipinski definition) is 6. The van der Waals surface area contributed by atoms with E-state index >= 15 is 0 Å². The molecule has 0 radical (unpaired) electrons. The largest absolute Gasteiger partial charge is 0.497 e. The summed E-state index contributed by atoms with van der Waals surface area (Å²) in [5, 5.41) is 2.38. The van der Waals surface area contributed by atoms with Gasteiger partial charge >= 0.3 is 0 Å². The highest BCUT2D eigenvalue weighted by atomic mass is 32.2. The number of thiazole rings is 1. The summed E-state index contributed by atoms with van der Waals surface area (Å²) in [6.45, 7) is 5.44. The van der Waals surface area contributed by atoms with Crippen molar-refractivity contribution in [3.05, 3.63) is 72.1 Å². The second-order valence-corrected chi connectivity index (χ2v) is 9.90. The van der Waals surface area contributed by atoms with E-state index in [1.807, 2.05) is 36.6 Å². The van der Waals surface area contributed by atoms with Gasteiger partial charge in [-0.1, -0.05) is 25.6 Å². The van der Waals surface area contributed by atoms with Crippen molar-refractivity contribution >= 4 is 37.9 Å². The number of methoxy groups -OCH3 is 1. The number of nitrogens with zero attached hydrogens (tertiary/aromatic N) is 2. The lowest BCUT2D eigenvalue weighted by atomic mass is 10.2. The Bertz CT molecular complexity index is 1150. The molecule has 3 aromatic rings. The number of carbonyl (C=O) groups is 1. The van der Waals surface area contributed by atoms with E-state index < -0.39 is 9.84 Å². The van der Waals surface area contributed by atoms with Gasteiger partial charge in [0.15, 0.2) is 15.0 Å². The number of anilines is 2. The lowest BCUT2D eigenvalue weighted by Gasteiger charge is -2.18. The maximum atomic E-state index is 12.6. The molecule has 3 rings (SSSR count). The van der Waals surface area contributed by atoms with Gasteiger partial charge in [-0.2, -0.15) is 0 Å². The van der Waals surface area contributed by atoms with E-state index in [4.69, 9.17) is 4.74 Å². The standard InChI is InChI=1S/C23H24N2O4S2/c1-4-14-31(27,28)16-17-6-10-19(11-7-17)25(22(26)5-2)23-24-21(15-30-23)18-8-12-20(29-3)13-9-18/h5-13,15H,2,4,14,16H2,1,3H3. The highest BCUT2D eigenvalue weighted by molar-refractivity contribution is 7.90. The second kappa shape index (κ2) is 9.89. The van der Waals surface area contributed by atoms with Crippen molar-refractivity contribution in [2.45, 2.75) is 19.1 Å². The summed E-state index contributed by atoms with van der Waals surface area (Å²) in [5.74, 6) is 0.573. The predicted octanol–water partition coefficient (Wildman–Crippen LogP) is 4.99. The molecule has 0 aliphatic heterocycles. The Morgan fingerprint density at radius 3 is 2.42 bits per heavy atom. The van der Waals surface area contributed by atoms with Gasteiger partial charge in [0.05, 0.1) is 30.0 Å². The molecule has 0 aliphatic carbocycles. The molecule has 1 aromatic heterocycles. The highest BCUT2D eigenvalue weighted by Gasteiger charge is 2.20. The SMILES string of the molecule is C=CC(=O)N(c1ccc(CS(=O)(=O)CCC)cc1)c1nc(-c2ccc(OC)cc2)cs1. The Labute approximate surface area is 186 Å². The molecule has 6 nitrogen and oxygen atoms in total. The van der Waals surface area contributed by atoms with E-state index in [9.17, 15) is 13.2 Å². The first-order valence-corrected chi connectivity index (χ1v) is 12.4. The average Bonchev–Trinajstić information content (AvgIpc) is 3.24. The van der Waals surface area contributed by atoms with Gasteiger partial charge < -0.3 is 4.74 Å². The van der Waals surface area contributed by atoms with Gasteiger partial charge in [0, 0.05) is 10.9 Å². The van der Waals surface area contributed by atoms with Crippen LogP contribution < -0.4 is 9.64 Å². The molecule has 162 valence electrons. The minimum Gasteiger partial charge on any atom is -0.497 e. The second-order valence-electron chi connectivity index (χ2n) is 6.88. The summed E-state index contributed by atoms with van der Waals surface area (Å²) in [7, 11) is -1.53. The molecule has 0 atom stereocenters. The third-order valence-corrected chi connectivity index (χ3v) is 7.19. The number of benzene rings is 2. The summed E-state index contributed by atoms with van der Waals surface area (Å²) >= 11 is 1.34. The number of amides is 1. The zero-order valence-corrected chi connectivity index (χ0v) is 19.1. The Balaban J connectivity index is 1.88. The van der Waals surface area contributed by atoms with Crippen LogP contribution in [0.25, 0.3) is 11.3 Å². The van der Waals surface area contributed by atoms with E-state index in [0.717, 1.165) is 17.0 Å². The van der Waals surface area contributed by atoms with Gasteiger partial charge in [0.1, 0.15) is 5.75 Å². The lowest BCUT2D eigenvalue weighted by molar-refractivity contribution is -0.113. The molecule has 0 N–H and O–H groups in total. The van der Waals surface area contributed by atoms with Crippen LogP contribution in [0.15, 0.2) is 66.6 Å². The van der Waals surface area contributed by atoms with Gasteiger partial charge in [-0.05, 0) is 54.5 Å². The Morgan fingerprint density at radius 2 is 1.84 bits per heavy atom. The van der Waals surface area contributed by atoms with E-state index in [1.54, 1.807) is 31.4 Å². The van der Waals surface area contributed by atoms with Crippen LogP contribution in [-0.2, 0) is 20.4 Å². The summed E-state index contributed by atoms with van der Waals surface area (Å²) in [6.07, 6.45) is 1.82. The molecule has 0 unspecified atom stereocenters. The molecule has 2 aromatic carbocycles. The molecule has 1 amide bonds. The van der Waals surface area contributed by atoms with Crippen molar-refractivity contribution in [2.24, 2.45) is 0 Å². The number of sulfone groups is 1. The van der Waals surface area contributed by atoms with Crippen LogP contribution in [0, 0.1) is 0 Å². The first kappa shape index (κ1) is 22.7. The van der Waals surface area contributed by atoms with Crippen LogP contribution in [0.3, 0.4) is 0 Å². The summed E-state index contributed by atoms with van der Waals surface area (Å²) in [6, 6.07) is 14.4. The Kier molecular flexibility index (Phi) is 7.25. The minimum atomic E-state index is -3.14. The quantitative estimate of drug-likeness (QED) is 0.424. The molecular formula is C23H24N2O4S2. The molecule has 0 saturated carbocycles. The van der Waals surface area contributed by atoms with Crippen LogP contribution in [0.5, 0.6) is 5.75 Å². The van der Waals surface area contributed by atoms with E-state index in [2.05, 4.69) is 11.6 Å². The molecule has 0 fully saturated rings. The van der Waals surface area contributed by atoms with E-state index in [1.165, 1.54) is 22.3 Å². The molecule has 31 heavy (non-hydrogen) atoms. The molecule has 8 heteroatoms. The maximum Gasteiger partial charge on any atom is 0.256 e. The van der Waals surface area contributed by atoms with Gasteiger partial charge in [0.25, 0.3) is 5.91 Å². The minimum absolute atomic E-state index is 0.0185. The Hall–Kier alpha value is -2.97. The van der Waals surface area contributed by atoms with Gasteiger partial charge in [-0.3, -0.25) is 9.69 Å². The third kappa shape index (κ3) is 5.59. The first-order chi connectivity index (χ1) is 14.9. The number of ether oxygens (including phenoxy) is 1. The smallest absolute Gasteiger partial charge is 0.256 e. The average molecular weight is 457 g/mol. The first-order valence-electron chi connectivity index (χ1n) is 9.72. The lowest BCUT2D eigenvalue weighted by Crippen LogP contribution is -2.23. The molecule has 0 saturated heterocycles. The Morgan fingerprint density at radius 1 is 1.16 bits per heavy atom. The van der Waals surface area contributed by atoms with Gasteiger partial charge in [-0.15, -0.1) is 11.3 Å². The molecule has 1 heterocycles. The predicted molar refractivity (Wildman–Crippen MR) is 126 cm³/mol. The van der Waals surface area contributed by atoms with Crippen molar-refractivity contribution in [3.63, 3.8) is 0 Å². The van der Waals surface area contributed by atoms with Crippen LogP contribution in [-0.4, -0.2) is 32.2 Å². The monoisotopic (exact) mass is 456 g/mol. The van der Waals surface area contributed by atoms with Crippen molar-refractivity contribution in [1.29, 1.82) is 0 Å². The molecule has 0 bridgehead atoms. The van der Waals surface area contributed by atoms with Gasteiger partial charge in [-0.25, -0.2) is 13.4 Å². The van der Waals surface area contributed by atoms with E-state index in [-0.39, 0.29) is 17.4 Å². The topological polar surface area (TPSA) is 76.6 Å². The summed E-state index contributed by atoms with van der Waals surface area (Å²) < 4.78 is 29.3. The number of rotatable bonds is 9. The fourth-order valence-electron chi connectivity index (χ4n) is 3.06.